The van der Waals surface area contributed by atoms with Crippen LogP contribution >= 0.6 is 0 Å². The molecule has 1 atom stereocenters. The van der Waals surface area contributed by atoms with Crippen LogP contribution in [0.1, 0.15) is 30.2 Å². The fraction of sp³-hybridized carbons (Fsp3) is 0.109. The van der Waals surface area contributed by atoms with Crippen LogP contribution in [-0.2, 0) is 0 Å². The summed E-state index contributed by atoms with van der Waals surface area (Å²) >= 11 is 0. The molecule has 2 aromatic heterocycles. The van der Waals surface area contributed by atoms with Crippen LogP contribution < -0.4 is 0 Å². The number of hydrogen-bond donors (Lipinski definition) is 0. The van der Waals surface area contributed by atoms with Gasteiger partial charge in [-0.15, -0.1) is 0 Å². The van der Waals surface area contributed by atoms with Crippen LogP contribution in [0.4, 0.5) is 0 Å². The number of aryl methyl sites for hydroxylation is 2. The van der Waals surface area contributed by atoms with Crippen molar-refractivity contribution in [1.82, 2.24) is 15.0 Å². The van der Waals surface area contributed by atoms with Crippen molar-refractivity contribution >= 4 is 16.5 Å². The molecule has 0 saturated heterocycles. The summed E-state index contributed by atoms with van der Waals surface area (Å²) in [5.41, 5.74) is 15.4. The monoisotopic (exact) mass is 631 g/mol. The van der Waals surface area contributed by atoms with Gasteiger partial charge in [0.2, 0.25) is 0 Å². The number of nitrogens with zero attached hydrogens (tertiary/aromatic N) is 3. The first-order valence-corrected chi connectivity index (χ1v) is 17.0. The summed E-state index contributed by atoms with van der Waals surface area (Å²) in [6.45, 7) is 6.64. The van der Waals surface area contributed by atoms with Crippen LogP contribution in [0.5, 0.6) is 0 Å². The average Bonchev–Trinajstić information content (AvgIpc) is 3.16. The minimum absolute atomic E-state index is 0.541. The summed E-state index contributed by atoms with van der Waals surface area (Å²) in [5.74, 6) is 1.27. The van der Waals surface area contributed by atoms with Crippen molar-refractivity contribution in [2.75, 3.05) is 0 Å². The van der Waals surface area contributed by atoms with E-state index < -0.39 is 0 Å². The molecule has 0 saturated carbocycles. The number of pyridine rings is 1. The van der Waals surface area contributed by atoms with E-state index in [9.17, 15) is 0 Å². The second-order valence-corrected chi connectivity index (χ2v) is 13.0. The number of aromatic nitrogens is 3. The van der Waals surface area contributed by atoms with E-state index in [1.54, 1.807) is 0 Å². The molecule has 0 radical (unpaired) electrons. The number of hydrogen-bond acceptors (Lipinski definition) is 3. The lowest BCUT2D eigenvalue weighted by Crippen LogP contribution is -2.00. The Balaban J connectivity index is 1.19. The minimum atomic E-state index is 0.541. The first kappa shape index (κ1) is 30.4. The predicted molar refractivity (Wildman–Crippen MR) is 205 cm³/mol. The van der Waals surface area contributed by atoms with Crippen molar-refractivity contribution in [2.24, 2.45) is 5.92 Å². The van der Waals surface area contributed by atoms with Gasteiger partial charge >= 0.3 is 0 Å². The Bertz CT molecular complexity index is 2380. The van der Waals surface area contributed by atoms with Gasteiger partial charge in [-0.25, -0.2) is 15.0 Å². The summed E-state index contributed by atoms with van der Waals surface area (Å²) in [6.07, 6.45) is 7.76. The van der Waals surface area contributed by atoms with E-state index in [0.29, 0.717) is 5.92 Å². The van der Waals surface area contributed by atoms with Crippen molar-refractivity contribution < 1.29 is 0 Å². The third-order valence-electron chi connectivity index (χ3n) is 9.58. The minimum Gasteiger partial charge on any atom is -0.247 e. The van der Waals surface area contributed by atoms with Gasteiger partial charge in [0.15, 0.2) is 5.82 Å². The van der Waals surface area contributed by atoms with Gasteiger partial charge in [0.05, 0.1) is 22.6 Å². The topological polar surface area (TPSA) is 38.7 Å². The molecule has 3 heteroatoms. The van der Waals surface area contributed by atoms with E-state index in [4.69, 9.17) is 15.0 Å². The van der Waals surface area contributed by atoms with Gasteiger partial charge in [-0.1, -0.05) is 140 Å². The molecule has 2 heterocycles. The van der Waals surface area contributed by atoms with E-state index in [0.717, 1.165) is 68.2 Å². The molecular weight excluding hydrogens is 595 g/mol. The molecule has 0 amide bonds. The molecule has 5 aromatic carbocycles. The van der Waals surface area contributed by atoms with Gasteiger partial charge in [-0.05, 0) is 77.8 Å². The molecule has 0 aliphatic heterocycles. The number of benzene rings is 5. The lowest BCUT2D eigenvalue weighted by molar-refractivity contribution is 0.738. The van der Waals surface area contributed by atoms with E-state index in [2.05, 4.69) is 166 Å². The van der Waals surface area contributed by atoms with E-state index >= 15 is 0 Å². The highest BCUT2D eigenvalue weighted by Crippen LogP contribution is 2.40. The van der Waals surface area contributed by atoms with Crippen LogP contribution in [0.15, 0.2) is 152 Å². The van der Waals surface area contributed by atoms with Gasteiger partial charge < -0.3 is 0 Å². The number of rotatable bonds is 6. The number of fused-ring (bicyclic) bond motifs is 1. The van der Waals surface area contributed by atoms with Gasteiger partial charge in [-0.3, -0.25) is 0 Å². The lowest BCUT2D eigenvalue weighted by Gasteiger charge is -2.18. The summed E-state index contributed by atoms with van der Waals surface area (Å²) < 4.78 is 0. The molecule has 49 heavy (non-hydrogen) atoms. The van der Waals surface area contributed by atoms with Crippen LogP contribution in [0.2, 0.25) is 0 Å². The largest absolute Gasteiger partial charge is 0.247 e. The average molecular weight is 632 g/mol. The highest BCUT2D eigenvalue weighted by Gasteiger charge is 2.18. The van der Waals surface area contributed by atoms with Crippen LogP contribution in [0.25, 0.3) is 72.6 Å². The second-order valence-electron chi connectivity index (χ2n) is 13.0. The Morgan fingerprint density at radius 3 is 2.06 bits per heavy atom. The van der Waals surface area contributed by atoms with Gasteiger partial charge in [-0.2, -0.15) is 0 Å². The van der Waals surface area contributed by atoms with Crippen LogP contribution in [0.3, 0.4) is 0 Å². The molecule has 0 N–H and O–H groups in total. The van der Waals surface area contributed by atoms with E-state index in [1.165, 1.54) is 27.6 Å². The van der Waals surface area contributed by atoms with Crippen molar-refractivity contribution in [2.45, 2.75) is 27.2 Å². The lowest BCUT2D eigenvalue weighted by atomic mass is 9.89. The van der Waals surface area contributed by atoms with Gasteiger partial charge in [0.1, 0.15) is 0 Å². The molecule has 1 aliphatic rings. The zero-order chi connectivity index (χ0) is 33.3. The van der Waals surface area contributed by atoms with Gasteiger partial charge in [0, 0.05) is 27.6 Å². The van der Waals surface area contributed by atoms with Gasteiger partial charge in [0.25, 0.3) is 0 Å². The molecule has 0 bridgehead atoms. The standard InChI is InChI=1S/C46H37N3/c1-30-20-22-35(23-21-30)43-29-42(34-13-5-4-6-14-34)48-46(49-43)36-26-24-33(25-27-36)37-15-11-16-38(28-37)45-44(39-17-8-7-12-31(39)2)32(3)40-18-9-10-19-41(40)47-45/h4-20,22-30H,21H2,1-3H3. The zero-order valence-electron chi connectivity index (χ0n) is 28.1. The summed E-state index contributed by atoms with van der Waals surface area (Å²) in [7, 11) is 0. The third-order valence-corrected chi connectivity index (χ3v) is 9.58. The maximum absolute atomic E-state index is 5.27. The Labute approximate surface area is 288 Å². The van der Waals surface area contributed by atoms with Crippen molar-refractivity contribution in [3.8, 4) is 56.2 Å². The molecule has 236 valence electrons. The summed E-state index contributed by atoms with van der Waals surface area (Å²) in [5, 5.41) is 1.18. The van der Waals surface area contributed by atoms with Crippen LogP contribution in [-0.4, -0.2) is 15.0 Å². The summed E-state index contributed by atoms with van der Waals surface area (Å²) in [6, 6.07) is 46.9. The molecule has 3 nitrogen and oxygen atoms in total. The Hall–Kier alpha value is -5.93. The Morgan fingerprint density at radius 1 is 0.571 bits per heavy atom. The van der Waals surface area contributed by atoms with Crippen molar-refractivity contribution in [3.05, 3.63) is 169 Å². The number of allylic oxidation sites excluding steroid dienone is 4. The Morgan fingerprint density at radius 2 is 1.27 bits per heavy atom. The first-order valence-electron chi connectivity index (χ1n) is 17.0. The number of para-hydroxylation sites is 1. The maximum Gasteiger partial charge on any atom is 0.160 e. The summed E-state index contributed by atoms with van der Waals surface area (Å²) in [4.78, 5) is 15.4. The Kier molecular flexibility index (Phi) is 8.03. The van der Waals surface area contributed by atoms with E-state index in [1.807, 2.05) is 6.07 Å². The second kappa shape index (κ2) is 12.9. The maximum atomic E-state index is 5.27. The quantitative estimate of drug-likeness (QED) is 0.183. The van der Waals surface area contributed by atoms with Crippen molar-refractivity contribution in [1.29, 1.82) is 0 Å². The molecule has 0 fully saturated rings. The third kappa shape index (κ3) is 6.00. The normalized spacial score (nSPS) is 14.2. The molecule has 0 spiro atoms. The van der Waals surface area contributed by atoms with E-state index in [-0.39, 0.29) is 0 Å². The first-order chi connectivity index (χ1) is 24.0. The fourth-order valence-corrected chi connectivity index (χ4v) is 6.82. The zero-order valence-corrected chi connectivity index (χ0v) is 28.1. The predicted octanol–water partition coefficient (Wildman–Crippen LogP) is 12.0. The highest BCUT2D eigenvalue weighted by molar-refractivity contribution is 5.96. The fourth-order valence-electron chi connectivity index (χ4n) is 6.82. The van der Waals surface area contributed by atoms with Crippen molar-refractivity contribution in [3.63, 3.8) is 0 Å². The highest BCUT2D eigenvalue weighted by atomic mass is 14.9. The molecule has 1 unspecified atom stereocenters. The van der Waals surface area contributed by atoms with Crippen LogP contribution in [0, 0.1) is 19.8 Å². The molecule has 1 aliphatic carbocycles. The molecule has 7 aromatic rings. The molecular formula is C46H37N3. The SMILES string of the molecule is Cc1ccccc1-c1c(-c2cccc(-c3ccc(-c4nc(C5=CCC(C)C=C5)cc(-c5ccccc5)n4)cc3)c2)nc2ccccc2c1C. The molecule has 8 rings (SSSR count). The smallest absolute Gasteiger partial charge is 0.160 e.